The second kappa shape index (κ2) is 6.96. The van der Waals surface area contributed by atoms with Gasteiger partial charge < -0.3 is 15.8 Å². The van der Waals surface area contributed by atoms with Crippen molar-refractivity contribution in [1.29, 1.82) is 5.41 Å². The Morgan fingerprint density at radius 3 is 2.56 bits per heavy atom. The molecule has 7 heteroatoms. The van der Waals surface area contributed by atoms with Crippen LogP contribution in [-0.2, 0) is 0 Å². The summed E-state index contributed by atoms with van der Waals surface area (Å²) >= 11 is 0. The van der Waals surface area contributed by atoms with Gasteiger partial charge >= 0.3 is 0 Å². The Balaban J connectivity index is 1.92. The van der Waals surface area contributed by atoms with E-state index in [9.17, 15) is 4.39 Å². The van der Waals surface area contributed by atoms with E-state index in [0.29, 0.717) is 17.3 Å². The molecule has 1 heterocycles. The van der Waals surface area contributed by atoms with Crippen molar-refractivity contribution in [3.05, 3.63) is 71.8 Å². The minimum Gasteiger partial charge on any atom is -0.457 e. The van der Waals surface area contributed by atoms with Crippen LogP contribution in [0.2, 0.25) is 0 Å². The molecule has 0 unspecified atom stereocenters. The van der Waals surface area contributed by atoms with E-state index in [4.69, 9.17) is 15.9 Å². The van der Waals surface area contributed by atoms with Crippen LogP contribution in [0, 0.1) is 11.2 Å². The average molecular weight is 337 g/mol. The van der Waals surface area contributed by atoms with Gasteiger partial charge in [0.1, 0.15) is 35.3 Å². The Bertz CT molecular complexity index is 915. The van der Waals surface area contributed by atoms with E-state index in [1.165, 1.54) is 18.5 Å². The molecule has 1 aromatic heterocycles. The third-order valence-corrected chi connectivity index (χ3v) is 3.55. The van der Waals surface area contributed by atoms with Gasteiger partial charge in [-0.15, -0.1) is 0 Å². The van der Waals surface area contributed by atoms with E-state index in [1.807, 2.05) is 18.2 Å². The number of halogens is 1. The Morgan fingerprint density at radius 1 is 1.12 bits per heavy atom. The monoisotopic (exact) mass is 337 g/mol. The zero-order chi connectivity index (χ0) is 17.8. The summed E-state index contributed by atoms with van der Waals surface area (Å²) in [6.07, 6.45) is 1.28. The molecule has 0 atom stereocenters. The van der Waals surface area contributed by atoms with Crippen LogP contribution in [0.1, 0.15) is 11.1 Å². The van der Waals surface area contributed by atoms with Gasteiger partial charge in [-0.3, -0.25) is 5.41 Å². The molecule has 0 saturated carbocycles. The van der Waals surface area contributed by atoms with Gasteiger partial charge in [-0.2, -0.15) is 0 Å². The summed E-state index contributed by atoms with van der Waals surface area (Å²) < 4.78 is 20.1. The summed E-state index contributed by atoms with van der Waals surface area (Å²) in [4.78, 5) is 7.89. The number of nitrogens with two attached hydrogens (primary N) is 1. The van der Waals surface area contributed by atoms with Crippen LogP contribution in [0.3, 0.4) is 0 Å². The minimum atomic E-state index is -0.594. The van der Waals surface area contributed by atoms with Crippen molar-refractivity contribution in [2.45, 2.75) is 0 Å². The topological polar surface area (TPSA) is 96.9 Å². The second-order valence-electron chi connectivity index (χ2n) is 5.16. The highest BCUT2D eigenvalue weighted by molar-refractivity contribution is 6.16. The number of anilines is 2. The second-order valence-corrected chi connectivity index (χ2v) is 5.16. The first-order valence-electron chi connectivity index (χ1n) is 7.50. The zero-order valence-corrected chi connectivity index (χ0v) is 13.5. The van der Waals surface area contributed by atoms with Gasteiger partial charge in [-0.05, 0) is 24.3 Å². The standard InChI is InChI=1S/C18H16FN5O/c1-22-18-15(17(21)23-10-24-18)16(20)13-8-7-12(9-14(13)19)25-11-5-3-2-4-6-11/h2-10,20H,1H3,(H3,21,22,23,24). The molecule has 0 bridgehead atoms. The maximum Gasteiger partial charge on any atom is 0.140 e. The maximum absolute atomic E-state index is 14.5. The molecule has 6 nitrogen and oxygen atoms in total. The summed E-state index contributed by atoms with van der Waals surface area (Å²) in [5, 5.41) is 11.1. The van der Waals surface area contributed by atoms with E-state index in [1.54, 1.807) is 25.2 Å². The highest BCUT2D eigenvalue weighted by atomic mass is 19.1. The maximum atomic E-state index is 14.5. The number of benzene rings is 2. The molecule has 0 aliphatic heterocycles. The number of hydrogen-bond donors (Lipinski definition) is 3. The molecule has 0 aliphatic rings. The van der Waals surface area contributed by atoms with E-state index in [2.05, 4.69) is 15.3 Å². The van der Waals surface area contributed by atoms with Crippen molar-refractivity contribution in [3.8, 4) is 11.5 Å². The molecule has 0 fully saturated rings. The molecule has 4 N–H and O–H groups in total. The van der Waals surface area contributed by atoms with Gasteiger partial charge in [0.2, 0.25) is 0 Å². The summed E-state index contributed by atoms with van der Waals surface area (Å²) in [6.45, 7) is 0. The Hall–Kier alpha value is -3.48. The van der Waals surface area contributed by atoms with E-state index in [0.717, 1.165) is 0 Å². The fourth-order valence-electron chi connectivity index (χ4n) is 2.36. The lowest BCUT2D eigenvalue weighted by atomic mass is 10.0. The first-order chi connectivity index (χ1) is 12.1. The molecule has 0 saturated heterocycles. The van der Waals surface area contributed by atoms with Crippen molar-refractivity contribution < 1.29 is 9.13 Å². The molecule has 3 aromatic rings. The lowest BCUT2D eigenvalue weighted by Crippen LogP contribution is -2.13. The third kappa shape index (κ3) is 3.40. The fourth-order valence-corrected chi connectivity index (χ4v) is 2.36. The van der Waals surface area contributed by atoms with Gasteiger partial charge in [-0.25, -0.2) is 14.4 Å². The molecule has 25 heavy (non-hydrogen) atoms. The van der Waals surface area contributed by atoms with Crippen LogP contribution in [0.4, 0.5) is 16.0 Å². The van der Waals surface area contributed by atoms with Gasteiger partial charge in [-0.1, -0.05) is 18.2 Å². The van der Waals surface area contributed by atoms with E-state index in [-0.39, 0.29) is 22.7 Å². The highest BCUT2D eigenvalue weighted by Gasteiger charge is 2.18. The SMILES string of the molecule is CNc1ncnc(N)c1C(=N)c1ccc(Oc2ccccc2)cc1F. The minimum absolute atomic E-state index is 0.0819. The smallest absolute Gasteiger partial charge is 0.140 e. The van der Waals surface area contributed by atoms with Gasteiger partial charge in [0.15, 0.2) is 0 Å². The normalized spacial score (nSPS) is 10.3. The first-order valence-corrected chi connectivity index (χ1v) is 7.50. The molecular weight excluding hydrogens is 321 g/mol. The number of nitrogens with zero attached hydrogens (tertiary/aromatic N) is 2. The predicted octanol–water partition coefficient (Wildman–Crippen LogP) is 3.45. The Labute approximate surface area is 144 Å². The first kappa shape index (κ1) is 16.4. The largest absolute Gasteiger partial charge is 0.457 e. The van der Waals surface area contributed by atoms with E-state index < -0.39 is 5.82 Å². The summed E-state index contributed by atoms with van der Waals surface area (Å²) in [6, 6.07) is 13.4. The zero-order valence-electron chi connectivity index (χ0n) is 13.5. The fraction of sp³-hybridized carbons (Fsp3) is 0.0556. The van der Waals surface area contributed by atoms with Crippen LogP contribution >= 0.6 is 0 Å². The van der Waals surface area contributed by atoms with Gasteiger partial charge in [0.25, 0.3) is 0 Å². The molecule has 126 valence electrons. The molecule has 0 spiro atoms. The van der Waals surface area contributed by atoms with Crippen molar-refractivity contribution in [2.75, 3.05) is 18.1 Å². The Kier molecular flexibility index (Phi) is 4.56. The molecular formula is C18H16FN5O. The van der Waals surface area contributed by atoms with Crippen LogP contribution in [0.15, 0.2) is 54.9 Å². The lowest BCUT2D eigenvalue weighted by molar-refractivity contribution is 0.476. The molecule has 0 amide bonds. The molecule has 0 radical (unpaired) electrons. The van der Waals surface area contributed by atoms with Crippen LogP contribution in [0.25, 0.3) is 0 Å². The van der Waals surface area contributed by atoms with Gasteiger partial charge in [0, 0.05) is 18.7 Å². The molecule has 0 aliphatic carbocycles. The quantitative estimate of drug-likeness (QED) is 0.620. The number of nitrogen functional groups attached to an aromatic ring is 1. The summed E-state index contributed by atoms with van der Waals surface area (Å²) in [5.41, 5.74) is 6.07. The van der Waals surface area contributed by atoms with Crippen LogP contribution in [0.5, 0.6) is 11.5 Å². The van der Waals surface area contributed by atoms with Crippen molar-refractivity contribution in [2.24, 2.45) is 0 Å². The summed E-state index contributed by atoms with van der Waals surface area (Å²) in [5.74, 6) is 0.813. The summed E-state index contributed by atoms with van der Waals surface area (Å²) in [7, 11) is 1.64. The van der Waals surface area contributed by atoms with Crippen LogP contribution in [-0.4, -0.2) is 22.7 Å². The van der Waals surface area contributed by atoms with Crippen molar-refractivity contribution in [1.82, 2.24) is 9.97 Å². The number of rotatable bonds is 5. The number of nitrogens with one attached hydrogen (secondary N) is 2. The molecule has 3 rings (SSSR count). The predicted molar refractivity (Wildman–Crippen MR) is 94.8 cm³/mol. The third-order valence-electron chi connectivity index (χ3n) is 3.55. The number of para-hydroxylation sites is 1. The number of hydrogen-bond acceptors (Lipinski definition) is 6. The van der Waals surface area contributed by atoms with Crippen LogP contribution < -0.4 is 15.8 Å². The van der Waals surface area contributed by atoms with Crippen molar-refractivity contribution >= 4 is 17.3 Å². The Morgan fingerprint density at radius 2 is 1.88 bits per heavy atom. The molecule has 2 aromatic carbocycles. The average Bonchev–Trinajstić information content (AvgIpc) is 2.62. The van der Waals surface area contributed by atoms with E-state index >= 15 is 0 Å². The lowest BCUT2D eigenvalue weighted by Gasteiger charge is -2.13. The van der Waals surface area contributed by atoms with Crippen molar-refractivity contribution in [3.63, 3.8) is 0 Å². The van der Waals surface area contributed by atoms with Gasteiger partial charge in [0.05, 0.1) is 11.3 Å². The number of aromatic nitrogens is 2. The highest BCUT2D eigenvalue weighted by Crippen LogP contribution is 2.27. The number of ether oxygens (including phenoxy) is 1.